The van der Waals surface area contributed by atoms with Crippen molar-refractivity contribution < 1.29 is 4.79 Å². The number of rotatable bonds is 3. The molecule has 72 valence electrons. The van der Waals surface area contributed by atoms with Crippen molar-refractivity contribution >= 4 is 41.3 Å². The van der Waals surface area contributed by atoms with E-state index >= 15 is 0 Å². The molecular formula is C9H13ClOSSi. The standard InChI is InChI=1S/C9H13ClOSSi/c1-13(2,3)9-5-4-8(12-9)7(11)6-10/h4-5H,6H2,1-3H3. The lowest BCUT2D eigenvalue weighted by atomic mass is 10.4. The molecular weight excluding hydrogens is 220 g/mol. The van der Waals surface area contributed by atoms with Crippen LogP contribution in [0.4, 0.5) is 0 Å². The molecule has 0 aliphatic heterocycles. The summed E-state index contributed by atoms with van der Waals surface area (Å²) >= 11 is 7.08. The van der Waals surface area contributed by atoms with Crippen LogP contribution in [-0.2, 0) is 0 Å². The number of alkyl halides is 1. The van der Waals surface area contributed by atoms with Crippen LogP contribution < -0.4 is 4.50 Å². The maximum absolute atomic E-state index is 11.2. The Kier molecular flexibility index (Phi) is 3.32. The summed E-state index contributed by atoms with van der Waals surface area (Å²) in [6.45, 7) is 6.81. The lowest BCUT2D eigenvalue weighted by Gasteiger charge is -2.12. The molecule has 1 aromatic rings. The van der Waals surface area contributed by atoms with E-state index in [4.69, 9.17) is 11.6 Å². The highest BCUT2D eigenvalue weighted by molar-refractivity contribution is 7.27. The molecule has 0 aliphatic carbocycles. The zero-order chi connectivity index (χ0) is 10.1. The summed E-state index contributed by atoms with van der Waals surface area (Å²) in [7, 11) is -1.25. The molecule has 0 unspecified atom stereocenters. The molecule has 0 spiro atoms. The normalized spacial score (nSPS) is 11.7. The summed E-state index contributed by atoms with van der Waals surface area (Å²) in [5.74, 6) is 0.127. The highest BCUT2D eigenvalue weighted by Crippen LogP contribution is 2.14. The largest absolute Gasteiger partial charge is 0.292 e. The molecule has 0 fully saturated rings. The monoisotopic (exact) mass is 232 g/mol. The molecule has 0 N–H and O–H groups in total. The third kappa shape index (κ3) is 2.66. The summed E-state index contributed by atoms with van der Waals surface area (Å²) in [5, 5.41) is 0. The first kappa shape index (κ1) is 11.0. The maximum Gasteiger partial charge on any atom is 0.187 e. The van der Waals surface area contributed by atoms with Gasteiger partial charge in [-0.15, -0.1) is 22.9 Å². The van der Waals surface area contributed by atoms with Crippen LogP contribution in [0.25, 0.3) is 0 Å². The Bertz CT molecular complexity index is 314. The zero-order valence-corrected chi connectivity index (χ0v) is 10.6. The minimum atomic E-state index is -1.25. The first-order valence-corrected chi connectivity index (χ1v) is 8.99. The molecule has 1 nitrogen and oxygen atoms in total. The Balaban J connectivity index is 2.93. The first-order chi connectivity index (χ1) is 5.95. The van der Waals surface area contributed by atoms with E-state index in [2.05, 4.69) is 25.7 Å². The van der Waals surface area contributed by atoms with Crippen LogP contribution in [0.15, 0.2) is 12.1 Å². The average molecular weight is 233 g/mol. The highest BCUT2D eigenvalue weighted by atomic mass is 35.5. The van der Waals surface area contributed by atoms with E-state index in [9.17, 15) is 4.79 Å². The second-order valence-electron chi connectivity index (χ2n) is 3.97. The molecule has 13 heavy (non-hydrogen) atoms. The van der Waals surface area contributed by atoms with Crippen molar-refractivity contribution in [3.63, 3.8) is 0 Å². The Labute approximate surface area is 88.7 Å². The van der Waals surface area contributed by atoms with E-state index in [0.29, 0.717) is 0 Å². The van der Waals surface area contributed by atoms with Gasteiger partial charge in [-0.05, 0) is 10.6 Å². The van der Waals surface area contributed by atoms with Gasteiger partial charge in [0.25, 0.3) is 0 Å². The summed E-state index contributed by atoms with van der Waals surface area (Å²) in [5.41, 5.74) is 0. The van der Waals surface area contributed by atoms with Gasteiger partial charge in [0.15, 0.2) is 5.78 Å². The maximum atomic E-state index is 11.2. The number of thiophene rings is 1. The van der Waals surface area contributed by atoms with Crippen molar-refractivity contribution in [3.05, 3.63) is 17.0 Å². The Morgan fingerprint density at radius 2 is 2.08 bits per heavy atom. The molecule has 4 heteroatoms. The molecule has 1 aromatic heterocycles. The van der Waals surface area contributed by atoms with Crippen molar-refractivity contribution in [1.29, 1.82) is 0 Å². The van der Waals surface area contributed by atoms with E-state index in [1.807, 2.05) is 6.07 Å². The third-order valence-corrected chi connectivity index (χ3v) is 6.71. The second-order valence-corrected chi connectivity index (χ2v) is 10.7. The fourth-order valence-corrected chi connectivity index (χ4v) is 4.01. The topological polar surface area (TPSA) is 17.1 Å². The van der Waals surface area contributed by atoms with Crippen molar-refractivity contribution in [2.75, 3.05) is 5.88 Å². The molecule has 0 saturated heterocycles. The van der Waals surface area contributed by atoms with E-state index < -0.39 is 8.07 Å². The molecule has 0 amide bonds. The SMILES string of the molecule is C[Si](C)(C)c1ccc(C(=O)CCl)s1. The molecule has 1 rings (SSSR count). The summed E-state index contributed by atoms with van der Waals surface area (Å²) in [4.78, 5) is 12.0. The third-order valence-electron chi connectivity index (χ3n) is 1.74. The summed E-state index contributed by atoms with van der Waals surface area (Å²) < 4.78 is 1.36. The van der Waals surface area contributed by atoms with Crippen LogP contribution >= 0.6 is 22.9 Å². The second kappa shape index (κ2) is 3.94. The number of ketones is 1. The Hall–Kier alpha value is -0.123. The van der Waals surface area contributed by atoms with Crippen LogP contribution in [-0.4, -0.2) is 19.7 Å². The number of carbonyl (C=O) groups is 1. The molecule has 0 radical (unpaired) electrons. The van der Waals surface area contributed by atoms with Crippen LogP contribution in [0.5, 0.6) is 0 Å². The predicted octanol–water partition coefficient (Wildman–Crippen LogP) is 2.71. The Morgan fingerprint density at radius 3 is 2.46 bits per heavy atom. The Morgan fingerprint density at radius 1 is 1.46 bits per heavy atom. The lowest BCUT2D eigenvalue weighted by Crippen LogP contribution is -2.34. The first-order valence-electron chi connectivity index (χ1n) is 4.14. The number of hydrogen-bond acceptors (Lipinski definition) is 2. The molecule has 0 saturated carbocycles. The van der Waals surface area contributed by atoms with Gasteiger partial charge in [0.05, 0.1) is 18.8 Å². The minimum Gasteiger partial charge on any atom is -0.292 e. The summed E-state index contributed by atoms with van der Waals surface area (Å²) in [6.07, 6.45) is 0. The smallest absolute Gasteiger partial charge is 0.187 e. The van der Waals surface area contributed by atoms with Crippen LogP contribution in [0.2, 0.25) is 19.6 Å². The van der Waals surface area contributed by atoms with Gasteiger partial charge in [-0.2, -0.15) is 0 Å². The van der Waals surface area contributed by atoms with Crippen LogP contribution in [0.3, 0.4) is 0 Å². The number of hydrogen-bond donors (Lipinski definition) is 0. The number of halogens is 1. The molecule has 0 atom stereocenters. The highest BCUT2D eigenvalue weighted by Gasteiger charge is 2.19. The van der Waals surface area contributed by atoms with Gasteiger partial charge < -0.3 is 0 Å². The van der Waals surface area contributed by atoms with Gasteiger partial charge >= 0.3 is 0 Å². The minimum absolute atomic E-state index is 0.0381. The van der Waals surface area contributed by atoms with Crippen LogP contribution in [0.1, 0.15) is 9.67 Å². The van der Waals surface area contributed by atoms with Crippen molar-refractivity contribution in [2.45, 2.75) is 19.6 Å². The van der Waals surface area contributed by atoms with Gasteiger partial charge in [0.2, 0.25) is 0 Å². The van der Waals surface area contributed by atoms with E-state index in [-0.39, 0.29) is 11.7 Å². The average Bonchev–Trinajstić information content (AvgIpc) is 2.50. The number of carbonyl (C=O) groups excluding carboxylic acids is 1. The lowest BCUT2D eigenvalue weighted by molar-refractivity contribution is 0.102. The van der Waals surface area contributed by atoms with Gasteiger partial charge in [-0.25, -0.2) is 0 Å². The van der Waals surface area contributed by atoms with Crippen LogP contribution in [0, 0.1) is 0 Å². The fraction of sp³-hybridized carbons (Fsp3) is 0.444. The van der Waals surface area contributed by atoms with E-state index in [0.717, 1.165) is 4.88 Å². The van der Waals surface area contributed by atoms with Gasteiger partial charge in [-0.1, -0.05) is 25.7 Å². The number of Topliss-reactive ketones (excluding diaryl/α,β-unsaturated/α-hetero) is 1. The zero-order valence-electron chi connectivity index (χ0n) is 8.06. The van der Waals surface area contributed by atoms with E-state index in [1.165, 1.54) is 4.50 Å². The fourth-order valence-electron chi connectivity index (χ4n) is 0.957. The van der Waals surface area contributed by atoms with Crippen molar-refractivity contribution in [1.82, 2.24) is 0 Å². The quantitative estimate of drug-likeness (QED) is 0.445. The molecule has 1 heterocycles. The predicted molar refractivity (Wildman–Crippen MR) is 62.3 cm³/mol. The van der Waals surface area contributed by atoms with Gasteiger partial charge in [0, 0.05) is 0 Å². The van der Waals surface area contributed by atoms with Gasteiger partial charge in [-0.3, -0.25) is 4.79 Å². The van der Waals surface area contributed by atoms with E-state index in [1.54, 1.807) is 11.3 Å². The van der Waals surface area contributed by atoms with Gasteiger partial charge in [0.1, 0.15) is 0 Å². The molecule has 0 aromatic carbocycles. The molecule has 0 bridgehead atoms. The van der Waals surface area contributed by atoms with Crippen molar-refractivity contribution in [2.24, 2.45) is 0 Å². The molecule has 0 aliphatic rings. The van der Waals surface area contributed by atoms with Crippen molar-refractivity contribution in [3.8, 4) is 0 Å². The summed E-state index contributed by atoms with van der Waals surface area (Å²) in [6, 6.07) is 3.96.